The van der Waals surface area contributed by atoms with E-state index in [0.29, 0.717) is 19.6 Å². The zero-order valence-electron chi connectivity index (χ0n) is 21.5. The topological polar surface area (TPSA) is 106 Å². The molecule has 0 bridgehead atoms. The third-order valence-electron chi connectivity index (χ3n) is 5.91. The molecule has 37 heavy (non-hydrogen) atoms. The molecule has 1 aliphatic rings. The van der Waals surface area contributed by atoms with Crippen molar-refractivity contribution in [3.63, 3.8) is 0 Å². The van der Waals surface area contributed by atoms with Gasteiger partial charge in [0.15, 0.2) is 11.5 Å². The highest BCUT2D eigenvalue weighted by Crippen LogP contribution is 2.34. The van der Waals surface area contributed by atoms with Gasteiger partial charge in [0.05, 0.1) is 12.2 Å². The summed E-state index contributed by atoms with van der Waals surface area (Å²) in [7, 11) is 0. The summed E-state index contributed by atoms with van der Waals surface area (Å²) < 4.78 is 19.7. The Balaban J connectivity index is 0.000000568. The Morgan fingerprint density at radius 2 is 1.62 bits per heavy atom. The lowest BCUT2D eigenvalue weighted by Crippen LogP contribution is -2.41. The second kappa shape index (κ2) is 15.5. The first kappa shape index (κ1) is 28.8. The van der Waals surface area contributed by atoms with Crippen LogP contribution in [0.1, 0.15) is 37.8 Å². The summed E-state index contributed by atoms with van der Waals surface area (Å²) in [5, 5.41) is 19.1. The van der Waals surface area contributed by atoms with Gasteiger partial charge >= 0.3 is 0 Å². The molecule has 2 atom stereocenters. The van der Waals surface area contributed by atoms with Crippen LogP contribution >= 0.6 is 11.9 Å². The van der Waals surface area contributed by atoms with Crippen molar-refractivity contribution in [3.05, 3.63) is 83.9 Å². The zero-order chi connectivity index (χ0) is 26.5. The van der Waals surface area contributed by atoms with Crippen LogP contribution in [0.15, 0.2) is 77.7 Å². The average Bonchev–Trinajstić information content (AvgIpc) is 3.41. The molecule has 0 radical (unpaired) electrons. The Labute approximate surface area is 224 Å². The van der Waals surface area contributed by atoms with Gasteiger partial charge in [-0.05, 0) is 72.7 Å². The van der Waals surface area contributed by atoms with E-state index in [-0.39, 0.29) is 18.9 Å². The van der Waals surface area contributed by atoms with Crippen molar-refractivity contribution in [2.75, 3.05) is 13.3 Å². The van der Waals surface area contributed by atoms with E-state index in [0.717, 1.165) is 46.1 Å². The number of rotatable bonds is 12. The van der Waals surface area contributed by atoms with Crippen LogP contribution in [0.4, 0.5) is 0 Å². The van der Waals surface area contributed by atoms with Crippen LogP contribution in [-0.4, -0.2) is 41.8 Å². The van der Waals surface area contributed by atoms with Crippen LogP contribution in [0.3, 0.4) is 0 Å². The molecule has 1 heterocycles. The third-order valence-corrected chi connectivity index (χ3v) is 6.71. The first-order valence-corrected chi connectivity index (χ1v) is 13.5. The molecule has 0 aromatic heterocycles. The van der Waals surface area contributed by atoms with E-state index >= 15 is 0 Å². The molecule has 7 nitrogen and oxygen atoms in total. The average molecular weight is 527 g/mol. The van der Waals surface area contributed by atoms with Crippen molar-refractivity contribution in [2.45, 2.75) is 62.9 Å². The smallest absolute Gasteiger partial charge is 0.231 e. The largest absolute Gasteiger partial charge is 0.489 e. The fourth-order valence-electron chi connectivity index (χ4n) is 3.46. The summed E-state index contributed by atoms with van der Waals surface area (Å²) in [6.07, 6.45) is 1.62. The third kappa shape index (κ3) is 9.91. The van der Waals surface area contributed by atoms with Crippen molar-refractivity contribution >= 4 is 11.9 Å². The SMILES string of the molecule is CCC(O)CC.NC(Cc1ccc(OCc2ccccc2)cc1)C(O)CNSc1ccc2c(c1)OCO2. The standard InChI is InChI=1S/C24H26N2O4S.C5H12O/c25-21(22(27)14-26-31-20-10-11-23-24(13-20)30-16-29-23)12-17-6-8-19(9-7-17)28-15-18-4-2-1-3-5-18;1-3-5(6)4-2/h1-11,13,21-22,26-27H,12,14-16,25H2;5-6H,3-4H2,1-2H3. The maximum absolute atomic E-state index is 10.4. The number of aliphatic hydroxyl groups is 2. The number of ether oxygens (including phenoxy) is 3. The maximum atomic E-state index is 10.4. The van der Waals surface area contributed by atoms with Gasteiger partial charge in [-0.3, -0.25) is 4.72 Å². The van der Waals surface area contributed by atoms with Crippen molar-refractivity contribution in [3.8, 4) is 17.2 Å². The Hall–Kier alpha value is -2.75. The highest BCUT2D eigenvalue weighted by Gasteiger charge is 2.17. The Morgan fingerprint density at radius 3 is 2.30 bits per heavy atom. The first-order chi connectivity index (χ1) is 18.0. The minimum absolute atomic E-state index is 0.0648. The maximum Gasteiger partial charge on any atom is 0.231 e. The molecule has 4 rings (SSSR count). The number of aliphatic hydroxyl groups excluding tert-OH is 2. The molecule has 5 N–H and O–H groups in total. The van der Waals surface area contributed by atoms with E-state index in [1.54, 1.807) is 0 Å². The highest BCUT2D eigenvalue weighted by atomic mass is 32.2. The molecule has 0 saturated carbocycles. The molecule has 0 aliphatic carbocycles. The van der Waals surface area contributed by atoms with Gasteiger partial charge in [-0.2, -0.15) is 0 Å². The van der Waals surface area contributed by atoms with E-state index in [2.05, 4.69) is 4.72 Å². The van der Waals surface area contributed by atoms with Gasteiger partial charge in [0.1, 0.15) is 12.4 Å². The van der Waals surface area contributed by atoms with Gasteiger partial charge in [0, 0.05) is 17.5 Å². The first-order valence-electron chi connectivity index (χ1n) is 12.6. The van der Waals surface area contributed by atoms with Crippen LogP contribution in [-0.2, 0) is 13.0 Å². The number of fused-ring (bicyclic) bond motifs is 1. The van der Waals surface area contributed by atoms with Gasteiger partial charge in [0.2, 0.25) is 6.79 Å². The van der Waals surface area contributed by atoms with Crippen molar-refractivity contribution < 1.29 is 24.4 Å². The molecule has 0 spiro atoms. The molecule has 0 fully saturated rings. The van der Waals surface area contributed by atoms with Gasteiger partial charge in [-0.1, -0.05) is 56.3 Å². The minimum Gasteiger partial charge on any atom is -0.489 e. The van der Waals surface area contributed by atoms with Crippen LogP contribution in [0.2, 0.25) is 0 Å². The molecule has 8 heteroatoms. The molecule has 3 aromatic rings. The summed E-state index contributed by atoms with van der Waals surface area (Å²) in [4.78, 5) is 0.983. The van der Waals surface area contributed by atoms with E-state index < -0.39 is 6.10 Å². The Morgan fingerprint density at radius 1 is 0.919 bits per heavy atom. The Bertz CT molecular complexity index is 1050. The second-order valence-electron chi connectivity index (χ2n) is 8.79. The van der Waals surface area contributed by atoms with Crippen LogP contribution in [0.5, 0.6) is 17.2 Å². The van der Waals surface area contributed by atoms with E-state index in [1.165, 1.54) is 11.9 Å². The van der Waals surface area contributed by atoms with Crippen LogP contribution < -0.4 is 24.7 Å². The fourth-order valence-corrected chi connectivity index (χ4v) is 4.18. The molecular weight excluding hydrogens is 488 g/mol. The molecule has 0 saturated heterocycles. The van der Waals surface area contributed by atoms with Crippen molar-refractivity contribution in [2.24, 2.45) is 5.73 Å². The minimum atomic E-state index is -0.671. The fraction of sp³-hybridized carbons (Fsp3) is 0.379. The zero-order valence-corrected chi connectivity index (χ0v) is 22.3. The van der Waals surface area contributed by atoms with Gasteiger partial charge in [-0.25, -0.2) is 0 Å². The molecule has 2 unspecified atom stereocenters. The number of hydrogen-bond acceptors (Lipinski definition) is 8. The lowest BCUT2D eigenvalue weighted by molar-refractivity contribution is 0.149. The van der Waals surface area contributed by atoms with E-state index in [1.807, 2.05) is 86.6 Å². The van der Waals surface area contributed by atoms with E-state index in [9.17, 15) is 5.11 Å². The molecule has 0 amide bonds. The summed E-state index contributed by atoms with van der Waals surface area (Å²) in [6.45, 7) is 5.12. The molecule has 3 aromatic carbocycles. The van der Waals surface area contributed by atoms with Gasteiger partial charge in [0.25, 0.3) is 0 Å². The number of nitrogens with two attached hydrogens (primary N) is 1. The second-order valence-corrected chi connectivity index (χ2v) is 9.75. The highest BCUT2D eigenvalue weighted by molar-refractivity contribution is 7.97. The van der Waals surface area contributed by atoms with Gasteiger partial charge < -0.3 is 30.2 Å². The summed E-state index contributed by atoms with van der Waals surface area (Å²) in [6, 6.07) is 23.3. The van der Waals surface area contributed by atoms with E-state index in [4.69, 9.17) is 25.1 Å². The molecule has 1 aliphatic heterocycles. The van der Waals surface area contributed by atoms with Crippen molar-refractivity contribution in [1.82, 2.24) is 4.72 Å². The number of nitrogens with one attached hydrogen (secondary N) is 1. The van der Waals surface area contributed by atoms with Gasteiger partial charge in [-0.15, -0.1) is 0 Å². The lowest BCUT2D eigenvalue weighted by atomic mass is 10.0. The quantitative estimate of drug-likeness (QED) is 0.252. The normalized spacial score (nSPS) is 13.6. The summed E-state index contributed by atoms with van der Waals surface area (Å²) in [5.41, 5.74) is 8.39. The lowest BCUT2D eigenvalue weighted by Gasteiger charge is -2.19. The predicted molar refractivity (Wildman–Crippen MR) is 148 cm³/mol. The van der Waals surface area contributed by atoms with Crippen molar-refractivity contribution in [1.29, 1.82) is 0 Å². The molecular formula is C29H38N2O5S. The number of hydrogen-bond donors (Lipinski definition) is 4. The Kier molecular flexibility index (Phi) is 12.1. The number of benzene rings is 3. The molecule has 200 valence electrons. The monoisotopic (exact) mass is 526 g/mol. The van der Waals surface area contributed by atoms with Crippen LogP contribution in [0, 0.1) is 0 Å². The van der Waals surface area contributed by atoms with Crippen LogP contribution in [0.25, 0.3) is 0 Å². The summed E-state index contributed by atoms with van der Waals surface area (Å²) >= 11 is 1.43. The summed E-state index contributed by atoms with van der Waals surface area (Å²) in [5.74, 6) is 2.30. The predicted octanol–water partition coefficient (Wildman–Crippen LogP) is 4.69.